The lowest BCUT2D eigenvalue weighted by Crippen LogP contribution is -2.22. The van der Waals surface area contributed by atoms with Crippen LogP contribution in [0.4, 0.5) is 22.0 Å². The second-order valence-corrected chi connectivity index (χ2v) is 3.83. The Balaban J connectivity index is 2.96. The Morgan fingerprint density at radius 2 is 1.60 bits per heavy atom. The molecule has 20 heavy (non-hydrogen) atoms. The van der Waals surface area contributed by atoms with E-state index in [1.54, 1.807) is 5.43 Å². The fourth-order valence-electron chi connectivity index (χ4n) is 1.22. The van der Waals surface area contributed by atoms with Gasteiger partial charge in [0.05, 0.1) is 24.3 Å². The number of carbonyl (C=O) groups is 1. The van der Waals surface area contributed by atoms with Crippen molar-refractivity contribution in [3.8, 4) is 0 Å². The highest BCUT2D eigenvalue weighted by molar-refractivity contribution is 5.83. The zero-order valence-corrected chi connectivity index (χ0v) is 10.1. The first-order chi connectivity index (χ1) is 9.25. The predicted octanol–water partition coefficient (Wildman–Crippen LogP) is 1.60. The number of aliphatic hydroxyl groups is 1. The summed E-state index contributed by atoms with van der Waals surface area (Å²) in [5.41, 5.74) is 0.490. The van der Waals surface area contributed by atoms with Crippen molar-refractivity contribution >= 4 is 12.1 Å². The molecule has 0 aliphatic rings. The van der Waals surface area contributed by atoms with E-state index in [0.717, 1.165) is 0 Å². The van der Waals surface area contributed by atoms with E-state index in [4.69, 9.17) is 5.11 Å². The molecule has 0 aromatic heterocycles. The molecule has 1 aromatic rings. The number of nitrogens with zero attached hydrogens (tertiary/aromatic N) is 1. The third kappa shape index (κ3) is 3.50. The second kappa shape index (κ2) is 6.42. The molecule has 1 atom stereocenters. The second-order valence-electron chi connectivity index (χ2n) is 3.83. The molecule has 1 aromatic carbocycles. The molecule has 0 fully saturated rings. The maximum absolute atomic E-state index is 13.2. The number of hydrogen-bond acceptors (Lipinski definition) is 3. The smallest absolute Gasteiger partial charge is 0.242 e. The van der Waals surface area contributed by atoms with E-state index in [9.17, 15) is 26.7 Å². The molecule has 9 heteroatoms. The Labute approximate surface area is 109 Å². The highest BCUT2D eigenvalue weighted by Crippen LogP contribution is 2.21. The molecule has 0 spiro atoms. The highest BCUT2D eigenvalue weighted by Gasteiger charge is 2.24. The average Bonchev–Trinajstić information content (AvgIpc) is 2.37. The molecule has 1 unspecified atom stereocenters. The molecule has 4 nitrogen and oxygen atoms in total. The average molecular weight is 296 g/mol. The number of aliphatic hydroxyl groups excluding tert-OH is 1. The first-order valence-corrected chi connectivity index (χ1v) is 5.27. The van der Waals surface area contributed by atoms with Gasteiger partial charge in [0.2, 0.25) is 11.7 Å². The number of halogens is 5. The highest BCUT2D eigenvalue weighted by atomic mass is 19.2. The summed E-state index contributed by atoms with van der Waals surface area (Å²) >= 11 is 0. The number of hydrazone groups is 1. The predicted molar refractivity (Wildman–Crippen MR) is 58.3 cm³/mol. The van der Waals surface area contributed by atoms with E-state index < -0.39 is 46.7 Å². The lowest BCUT2D eigenvalue weighted by molar-refractivity contribution is -0.122. The van der Waals surface area contributed by atoms with Gasteiger partial charge in [0.1, 0.15) is 0 Å². The van der Waals surface area contributed by atoms with E-state index in [-0.39, 0.29) is 12.6 Å². The summed E-state index contributed by atoms with van der Waals surface area (Å²) in [5, 5.41) is 11.9. The summed E-state index contributed by atoms with van der Waals surface area (Å²) in [6.45, 7) is 1.31. The number of benzene rings is 1. The summed E-state index contributed by atoms with van der Waals surface area (Å²) in [6.07, 6.45) is -1.02. The number of nitrogens with one attached hydrogen (secondary N) is 1. The molecule has 0 aliphatic heterocycles. The summed E-state index contributed by atoms with van der Waals surface area (Å²) in [7, 11) is 0. The first kappa shape index (κ1) is 16.0. The third-order valence-corrected chi connectivity index (χ3v) is 2.11. The van der Waals surface area contributed by atoms with Gasteiger partial charge < -0.3 is 5.11 Å². The van der Waals surface area contributed by atoms with Crippen molar-refractivity contribution in [2.45, 2.75) is 19.4 Å². The fraction of sp³-hybridized carbons (Fsp3) is 0.273. The normalized spacial score (nSPS) is 12.8. The van der Waals surface area contributed by atoms with Crippen LogP contribution in [0.1, 0.15) is 18.9 Å². The third-order valence-electron chi connectivity index (χ3n) is 2.11. The Hall–Kier alpha value is -2.03. The fourth-order valence-corrected chi connectivity index (χ4v) is 1.22. The van der Waals surface area contributed by atoms with Crippen LogP contribution in [0.25, 0.3) is 0 Å². The van der Waals surface area contributed by atoms with Crippen LogP contribution in [0.2, 0.25) is 0 Å². The summed E-state index contributed by atoms with van der Waals surface area (Å²) in [6, 6.07) is 0. The minimum atomic E-state index is -2.28. The molecule has 0 saturated carbocycles. The zero-order valence-electron chi connectivity index (χ0n) is 10.1. The maximum Gasteiger partial charge on any atom is 0.242 e. The van der Waals surface area contributed by atoms with Crippen LogP contribution in [-0.4, -0.2) is 23.3 Å². The van der Waals surface area contributed by atoms with Gasteiger partial charge in [-0.15, -0.1) is 0 Å². The molecule has 0 bridgehead atoms. The molecular formula is C11H9F5N2O2. The van der Waals surface area contributed by atoms with Crippen molar-refractivity contribution in [3.63, 3.8) is 0 Å². The van der Waals surface area contributed by atoms with Gasteiger partial charge in [-0.1, -0.05) is 0 Å². The van der Waals surface area contributed by atoms with E-state index in [1.165, 1.54) is 6.92 Å². The molecule has 0 saturated heterocycles. The molecule has 110 valence electrons. The van der Waals surface area contributed by atoms with Gasteiger partial charge in [0.25, 0.3) is 0 Å². The van der Waals surface area contributed by atoms with E-state index in [0.29, 0.717) is 0 Å². The molecule has 0 aliphatic carbocycles. The summed E-state index contributed by atoms with van der Waals surface area (Å²) in [5.74, 6) is -11.4. The van der Waals surface area contributed by atoms with Crippen LogP contribution in [0.15, 0.2) is 5.10 Å². The molecule has 0 radical (unpaired) electrons. The number of rotatable bonds is 4. The molecule has 1 amide bonds. The topological polar surface area (TPSA) is 61.7 Å². The monoisotopic (exact) mass is 296 g/mol. The van der Waals surface area contributed by atoms with Gasteiger partial charge in [-0.25, -0.2) is 27.4 Å². The van der Waals surface area contributed by atoms with Crippen LogP contribution in [-0.2, 0) is 4.79 Å². The number of hydrogen-bond donors (Lipinski definition) is 2. The molecule has 0 heterocycles. The van der Waals surface area contributed by atoms with Crippen molar-refractivity contribution in [2.75, 3.05) is 0 Å². The Bertz CT molecular complexity index is 531. The Morgan fingerprint density at radius 1 is 1.15 bits per heavy atom. The van der Waals surface area contributed by atoms with Gasteiger partial charge in [-0.05, 0) is 6.92 Å². The largest absolute Gasteiger partial charge is 0.393 e. The minimum absolute atomic E-state index is 0.288. The van der Waals surface area contributed by atoms with Crippen molar-refractivity contribution in [1.29, 1.82) is 0 Å². The van der Waals surface area contributed by atoms with Gasteiger partial charge >= 0.3 is 0 Å². The molecule has 2 N–H and O–H groups in total. The van der Waals surface area contributed by atoms with Gasteiger partial charge in [-0.2, -0.15) is 5.10 Å². The van der Waals surface area contributed by atoms with Gasteiger partial charge in [-0.3, -0.25) is 4.79 Å². The van der Waals surface area contributed by atoms with Crippen LogP contribution in [0.5, 0.6) is 0 Å². The van der Waals surface area contributed by atoms with Crippen molar-refractivity contribution in [1.82, 2.24) is 5.43 Å². The Morgan fingerprint density at radius 3 is 2.05 bits per heavy atom. The molecular weight excluding hydrogens is 287 g/mol. The first-order valence-electron chi connectivity index (χ1n) is 5.27. The van der Waals surface area contributed by atoms with Gasteiger partial charge in [0, 0.05) is 0 Å². The Kier molecular flexibility index (Phi) is 5.14. The van der Waals surface area contributed by atoms with Crippen LogP contribution < -0.4 is 5.43 Å². The maximum atomic E-state index is 13.2. The molecule has 1 rings (SSSR count). The number of amides is 1. The lowest BCUT2D eigenvalue weighted by Gasteiger charge is -2.04. The zero-order chi connectivity index (χ0) is 15.4. The quantitative estimate of drug-likeness (QED) is 0.291. The SMILES string of the molecule is CC(O)CC(=O)N/N=C/c1c(F)c(F)c(F)c(F)c1F. The minimum Gasteiger partial charge on any atom is -0.393 e. The van der Waals surface area contributed by atoms with E-state index in [2.05, 4.69) is 5.10 Å². The standard InChI is InChI=1S/C11H9F5N2O2/c1-4(19)2-6(20)18-17-3-5-7(12)9(14)11(16)10(15)8(5)13/h3-4,19H,2H2,1H3,(H,18,20)/b17-3+. The lowest BCUT2D eigenvalue weighted by atomic mass is 10.2. The summed E-state index contributed by atoms with van der Waals surface area (Å²) < 4.78 is 64.7. The summed E-state index contributed by atoms with van der Waals surface area (Å²) in [4.78, 5) is 11.0. The van der Waals surface area contributed by atoms with Crippen LogP contribution >= 0.6 is 0 Å². The van der Waals surface area contributed by atoms with E-state index >= 15 is 0 Å². The number of carbonyl (C=O) groups excluding carboxylic acids is 1. The van der Waals surface area contributed by atoms with Crippen molar-refractivity contribution < 1.29 is 31.9 Å². The van der Waals surface area contributed by atoms with Gasteiger partial charge in [0.15, 0.2) is 23.3 Å². The van der Waals surface area contributed by atoms with E-state index in [1.807, 2.05) is 0 Å². The van der Waals surface area contributed by atoms with Crippen molar-refractivity contribution in [2.24, 2.45) is 5.10 Å². The van der Waals surface area contributed by atoms with Crippen molar-refractivity contribution in [3.05, 3.63) is 34.6 Å². The van der Waals surface area contributed by atoms with Crippen LogP contribution in [0, 0.1) is 29.1 Å². The van der Waals surface area contributed by atoms with Crippen LogP contribution in [0.3, 0.4) is 0 Å².